The summed E-state index contributed by atoms with van der Waals surface area (Å²) in [5, 5.41) is 15.8. The zero-order chi connectivity index (χ0) is 14.8. The lowest BCUT2D eigenvalue weighted by molar-refractivity contribution is -0.145. The van der Waals surface area contributed by atoms with E-state index in [1.807, 2.05) is 0 Å². The maximum Gasteiger partial charge on any atom is 0.327 e. The van der Waals surface area contributed by atoms with E-state index in [4.69, 9.17) is 10.3 Å². The standard InChI is InChI=1S/C13H18N4O3/c1-2-20-13(19)12(15-8-3-9-16-17-14)10-4-6-11(18)7-5-10/h4-7,12,15,18H,2-3,8-9H2,1H3. The van der Waals surface area contributed by atoms with Gasteiger partial charge in [-0.2, -0.15) is 0 Å². The lowest BCUT2D eigenvalue weighted by Gasteiger charge is -2.17. The summed E-state index contributed by atoms with van der Waals surface area (Å²) < 4.78 is 5.02. The third-order valence-corrected chi connectivity index (χ3v) is 2.60. The molecule has 20 heavy (non-hydrogen) atoms. The Kier molecular flexibility index (Phi) is 6.95. The summed E-state index contributed by atoms with van der Waals surface area (Å²) in [6, 6.07) is 5.77. The monoisotopic (exact) mass is 278 g/mol. The maximum absolute atomic E-state index is 11.9. The summed E-state index contributed by atoms with van der Waals surface area (Å²) in [6.07, 6.45) is 0.623. The molecule has 2 N–H and O–H groups in total. The molecule has 0 heterocycles. The fourth-order valence-electron chi connectivity index (χ4n) is 1.67. The second-order valence-electron chi connectivity index (χ2n) is 4.04. The number of azide groups is 1. The van der Waals surface area contributed by atoms with Crippen LogP contribution in [0.3, 0.4) is 0 Å². The van der Waals surface area contributed by atoms with Crippen LogP contribution in [-0.4, -0.2) is 30.8 Å². The normalized spacial score (nSPS) is 11.4. The Morgan fingerprint density at radius 3 is 2.80 bits per heavy atom. The lowest BCUT2D eigenvalue weighted by Crippen LogP contribution is -2.31. The van der Waals surface area contributed by atoms with Crippen LogP contribution in [0.15, 0.2) is 29.4 Å². The average Bonchev–Trinajstić information content (AvgIpc) is 2.44. The molecule has 0 aliphatic rings. The number of aromatic hydroxyl groups is 1. The fourth-order valence-corrected chi connectivity index (χ4v) is 1.67. The molecule has 7 nitrogen and oxygen atoms in total. The van der Waals surface area contributed by atoms with E-state index in [1.165, 1.54) is 12.1 Å². The molecule has 7 heteroatoms. The molecule has 0 amide bonds. The quantitative estimate of drug-likeness (QED) is 0.250. The molecule has 0 fully saturated rings. The summed E-state index contributed by atoms with van der Waals surface area (Å²) in [7, 11) is 0. The number of phenolic OH excluding ortho intramolecular Hbond substituents is 1. The maximum atomic E-state index is 11.9. The van der Waals surface area contributed by atoms with Crippen molar-refractivity contribution in [1.82, 2.24) is 5.32 Å². The van der Waals surface area contributed by atoms with Gasteiger partial charge in [-0.1, -0.05) is 17.2 Å². The van der Waals surface area contributed by atoms with Crippen LogP contribution in [0, 0.1) is 0 Å². The van der Waals surface area contributed by atoms with Gasteiger partial charge in [0.05, 0.1) is 6.61 Å². The SMILES string of the molecule is CCOC(=O)C(NCCCN=[N+]=[N-])c1ccc(O)cc1. The molecule has 108 valence electrons. The first-order valence-corrected chi connectivity index (χ1v) is 6.38. The van der Waals surface area contributed by atoms with E-state index in [2.05, 4.69) is 15.3 Å². The predicted octanol–water partition coefficient (Wildman–Crippen LogP) is 2.29. The Bertz CT molecular complexity index is 469. The number of esters is 1. The van der Waals surface area contributed by atoms with Crippen LogP contribution in [0.4, 0.5) is 0 Å². The predicted molar refractivity (Wildman–Crippen MR) is 74.1 cm³/mol. The average molecular weight is 278 g/mol. The van der Waals surface area contributed by atoms with E-state index in [0.29, 0.717) is 31.7 Å². The van der Waals surface area contributed by atoms with Gasteiger partial charge in [0.15, 0.2) is 0 Å². The van der Waals surface area contributed by atoms with Crippen LogP contribution in [0.1, 0.15) is 24.9 Å². The summed E-state index contributed by atoms with van der Waals surface area (Å²) >= 11 is 0. The van der Waals surface area contributed by atoms with Crippen molar-refractivity contribution in [3.63, 3.8) is 0 Å². The second-order valence-corrected chi connectivity index (χ2v) is 4.04. The van der Waals surface area contributed by atoms with Gasteiger partial charge in [0.25, 0.3) is 0 Å². The first kappa shape index (κ1) is 15.8. The van der Waals surface area contributed by atoms with Gasteiger partial charge in [0, 0.05) is 11.5 Å². The number of nitrogens with zero attached hydrogens (tertiary/aromatic N) is 3. The Hall–Kier alpha value is -2.24. The number of nitrogens with one attached hydrogen (secondary N) is 1. The third-order valence-electron chi connectivity index (χ3n) is 2.60. The summed E-state index contributed by atoms with van der Waals surface area (Å²) in [5.74, 6) is -0.235. The number of carbonyl (C=O) groups excluding carboxylic acids is 1. The zero-order valence-corrected chi connectivity index (χ0v) is 11.3. The lowest BCUT2D eigenvalue weighted by atomic mass is 10.1. The molecule has 0 spiro atoms. The highest BCUT2D eigenvalue weighted by Gasteiger charge is 2.20. The van der Waals surface area contributed by atoms with Crippen LogP contribution in [0.2, 0.25) is 0 Å². The number of rotatable bonds is 8. The molecule has 0 aliphatic carbocycles. The molecule has 0 bridgehead atoms. The minimum Gasteiger partial charge on any atom is -0.508 e. The van der Waals surface area contributed by atoms with Crippen LogP contribution in [0.25, 0.3) is 10.4 Å². The molecule has 0 aliphatic heterocycles. The smallest absolute Gasteiger partial charge is 0.327 e. The van der Waals surface area contributed by atoms with Gasteiger partial charge in [-0.3, -0.25) is 0 Å². The summed E-state index contributed by atoms with van der Waals surface area (Å²) in [6.45, 7) is 2.93. The van der Waals surface area contributed by atoms with Crippen LogP contribution in [-0.2, 0) is 9.53 Å². The van der Waals surface area contributed by atoms with Crippen molar-refractivity contribution in [2.75, 3.05) is 19.7 Å². The highest BCUT2D eigenvalue weighted by molar-refractivity contribution is 5.77. The molecule has 1 aromatic rings. The Morgan fingerprint density at radius 2 is 2.20 bits per heavy atom. The van der Waals surface area contributed by atoms with Crippen molar-refractivity contribution < 1.29 is 14.6 Å². The molecule has 0 saturated carbocycles. The fraction of sp³-hybridized carbons (Fsp3) is 0.462. The van der Waals surface area contributed by atoms with E-state index in [1.54, 1.807) is 19.1 Å². The molecule has 0 aromatic heterocycles. The molecular formula is C13H18N4O3. The highest BCUT2D eigenvalue weighted by atomic mass is 16.5. The number of ether oxygens (including phenoxy) is 1. The van der Waals surface area contributed by atoms with E-state index in [0.717, 1.165) is 0 Å². The highest BCUT2D eigenvalue weighted by Crippen LogP contribution is 2.18. The van der Waals surface area contributed by atoms with E-state index >= 15 is 0 Å². The largest absolute Gasteiger partial charge is 0.508 e. The second kappa shape index (κ2) is 8.79. The van der Waals surface area contributed by atoms with Crippen LogP contribution < -0.4 is 5.32 Å². The Balaban J connectivity index is 2.67. The number of carbonyl (C=O) groups is 1. The van der Waals surface area contributed by atoms with Gasteiger partial charge in [-0.25, -0.2) is 4.79 Å². The number of hydrogen-bond donors (Lipinski definition) is 2. The Labute approximate surface area is 117 Å². The molecule has 0 saturated heterocycles. The molecule has 1 unspecified atom stereocenters. The molecule has 1 atom stereocenters. The van der Waals surface area contributed by atoms with Gasteiger partial charge >= 0.3 is 5.97 Å². The molecule has 1 aromatic carbocycles. The van der Waals surface area contributed by atoms with Crippen molar-refractivity contribution in [2.24, 2.45) is 5.11 Å². The first-order chi connectivity index (χ1) is 9.69. The topological polar surface area (TPSA) is 107 Å². The van der Waals surface area contributed by atoms with Crippen molar-refractivity contribution in [1.29, 1.82) is 0 Å². The van der Waals surface area contributed by atoms with Gasteiger partial charge in [-0.05, 0) is 43.1 Å². The molecule has 1 rings (SSSR count). The van der Waals surface area contributed by atoms with Crippen LogP contribution in [0.5, 0.6) is 5.75 Å². The van der Waals surface area contributed by atoms with Crippen molar-refractivity contribution in [3.8, 4) is 5.75 Å². The van der Waals surface area contributed by atoms with E-state index in [9.17, 15) is 9.90 Å². The number of benzene rings is 1. The summed E-state index contributed by atoms with van der Waals surface area (Å²) in [4.78, 5) is 14.6. The third kappa shape index (κ3) is 5.17. The van der Waals surface area contributed by atoms with E-state index < -0.39 is 6.04 Å². The van der Waals surface area contributed by atoms with Gasteiger partial charge in [0.1, 0.15) is 11.8 Å². The number of phenols is 1. The van der Waals surface area contributed by atoms with Crippen molar-refractivity contribution in [3.05, 3.63) is 40.3 Å². The van der Waals surface area contributed by atoms with Gasteiger partial charge in [0.2, 0.25) is 0 Å². The van der Waals surface area contributed by atoms with E-state index in [-0.39, 0.29) is 11.7 Å². The molecular weight excluding hydrogens is 260 g/mol. The Morgan fingerprint density at radius 1 is 1.50 bits per heavy atom. The van der Waals surface area contributed by atoms with Crippen LogP contribution >= 0.6 is 0 Å². The minimum absolute atomic E-state index is 0.139. The van der Waals surface area contributed by atoms with Crippen molar-refractivity contribution in [2.45, 2.75) is 19.4 Å². The van der Waals surface area contributed by atoms with Gasteiger partial charge < -0.3 is 15.2 Å². The van der Waals surface area contributed by atoms with Crippen molar-refractivity contribution >= 4 is 5.97 Å². The van der Waals surface area contributed by atoms with Gasteiger partial charge in [-0.15, -0.1) is 0 Å². The number of hydrogen-bond acceptors (Lipinski definition) is 5. The minimum atomic E-state index is -0.596. The summed E-state index contributed by atoms with van der Waals surface area (Å²) in [5.41, 5.74) is 8.89. The zero-order valence-electron chi connectivity index (χ0n) is 11.3. The first-order valence-electron chi connectivity index (χ1n) is 6.38. The molecule has 0 radical (unpaired) electrons.